The zero-order chi connectivity index (χ0) is 11.0. The third kappa shape index (κ3) is 1.78. The molecule has 15 heavy (non-hydrogen) atoms. The van der Waals surface area contributed by atoms with Crippen LogP contribution in [0.3, 0.4) is 0 Å². The Balaban J connectivity index is 2.32. The molecule has 0 saturated carbocycles. The van der Waals surface area contributed by atoms with E-state index in [2.05, 4.69) is 18.8 Å². The van der Waals surface area contributed by atoms with Crippen LogP contribution in [0, 0.1) is 0 Å². The predicted octanol–water partition coefficient (Wildman–Crippen LogP) is 2.04. The van der Waals surface area contributed by atoms with Crippen molar-refractivity contribution in [2.45, 2.75) is 39.2 Å². The third-order valence-corrected chi connectivity index (χ3v) is 3.99. The fourth-order valence-corrected chi connectivity index (χ4v) is 2.92. The molecule has 1 aromatic heterocycles. The van der Waals surface area contributed by atoms with E-state index in [-0.39, 0.29) is 17.9 Å². The molecule has 0 radical (unpaired) electrons. The number of nitrogens with zero attached hydrogens (tertiary/aromatic N) is 2. The van der Waals surface area contributed by atoms with Gasteiger partial charge in [0.1, 0.15) is 0 Å². The van der Waals surface area contributed by atoms with Crippen LogP contribution in [-0.4, -0.2) is 28.4 Å². The number of carbonyl (C=O) groups excluding carboxylic acids is 1. The normalized spacial score (nSPS) is 21.7. The van der Waals surface area contributed by atoms with Crippen molar-refractivity contribution in [2.75, 3.05) is 6.54 Å². The third-order valence-electron chi connectivity index (χ3n) is 2.93. The minimum Gasteiger partial charge on any atom is -0.339 e. The van der Waals surface area contributed by atoms with E-state index in [9.17, 15) is 4.79 Å². The standard InChI is InChI=1S/C11H16N2OS/c1-7(2)13-5-4-9-10(15-6-12-9)8(3)11(13)14/h6-8H,4-5H2,1-3H3. The molecular formula is C11H16N2OS. The number of hydrogen-bond acceptors (Lipinski definition) is 3. The molecule has 0 aromatic carbocycles. The fraction of sp³-hybridized carbons (Fsp3) is 0.636. The van der Waals surface area contributed by atoms with Crippen molar-refractivity contribution in [1.29, 1.82) is 0 Å². The van der Waals surface area contributed by atoms with E-state index in [1.807, 2.05) is 17.3 Å². The first-order chi connectivity index (χ1) is 7.11. The molecule has 4 heteroatoms. The minimum atomic E-state index is -0.0163. The van der Waals surface area contributed by atoms with E-state index in [1.54, 1.807) is 11.3 Å². The van der Waals surface area contributed by atoms with Gasteiger partial charge >= 0.3 is 0 Å². The van der Waals surface area contributed by atoms with Crippen molar-refractivity contribution < 1.29 is 4.79 Å². The number of rotatable bonds is 1. The van der Waals surface area contributed by atoms with Crippen molar-refractivity contribution in [3.63, 3.8) is 0 Å². The van der Waals surface area contributed by atoms with E-state index in [0.29, 0.717) is 0 Å². The Morgan fingerprint density at radius 3 is 3.00 bits per heavy atom. The van der Waals surface area contributed by atoms with E-state index >= 15 is 0 Å². The molecule has 82 valence electrons. The summed E-state index contributed by atoms with van der Waals surface area (Å²) in [5, 5.41) is 0. The van der Waals surface area contributed by atoms with Crippen LogP contribution in [-0.2, 0) is 11.2 Å². The van der Waals surface area contributed by atoms with Crippen molar-refractivity contribution in [2.24, 2.45) is 0 Å². The fourth-order valence-electron chi connectivity index (χ4n) is 2.03. The molecule has 0 saturated heterocycles. The molecule has 0 spiro atoms. The average Bonchev–Trinajstić information content (AvgIpc) is 2.60. The van der Waals surface area contributed by atoms with Crippen molar-refractivity contribution >= 4 is 17.2 Å². The number of fused-ring (bicyclic) bond motifs is 1. The molecule has 1 atom stereocenters. The highest BCUT2D eigenvalue weighted by Gasteiger charge is 2.30. The first-order valence-electron chi connectivity index (χ1n) is 5.34. The molecule has 0 fully saturated rings. The Morgan fingerprint density at radius 1 is 1.60 bits per heavy atom. The zero-order valence-electron chi connectivity index (χ0n) is 9.36. The maximum Gasteiger partial charge on any atom is 0.230 e. The van der Waals surface area contributed by atoms with Crippen LogP contribution in [0.5, 0.6) is 0 Å². The summed E-state index contributed by atoms with van der Waals surface area (Å²) in [6.45, 7) is 6.92. The molecule has 1 amide bonds. The summed E-state index contributed by atoms with van der Waals surface area (Å²) in [7, 11) is 0. The van der Waals surface area contributed by atoms with Crippen LogP contribution >= 0.6 is 11.3 Å². The molecule has 3 nitrogen and oxygen atoms in total. The Hall–Kier alpha value is -0.900. The lowest BCUT2D eigenvalue weighted by Gasteiger charge is -2.26. The topological polar surface area (TPSA) is 33.2 Å². The number of aromatic nitrogens is 1. The molecule has 0 aliphatic carbocycles. The summed E-state index contributed by atoms with van der Waals surface area (Å²) < 4.78 is 0. The van der Waals surface area contributed by atoms with Gasteiger partial charge in [0, 0.05) is 23.9 Å². The SMILES string of the molecule is CC1C(=O)N(C(C)C)CCc2ncsc21. The molecule has 0 N–H and O–H groups in total. The average molecular weight is 224 g/mol. The molecule has 1 aliphatic rings. The lowest BCUT2D eigenvalue weighted by Crippen LogP contribution is -2.39. The second-order valence-corrected chi connectivity index (χ2v) is 5.15. The number of amides is 1. The van der Waals surface area contributed by atoms with Gasteiger partial charge < -0.3 is 4.90 Å². The van der Waals surface area contributed by atoms with Gasteiger partial charge in [-0.25, -0.2) is 4.98 Å². The first kappa shape index (κ1) is 10.6. The highest BCUT2D eigenvalue weighted by molar-refractivity contribution is 7.10. The smallest absolute Gasteiger partial charge is 0.230 e. The Bertz CT molecular complexity index is 372. The quantitative estimate of drug-likeness (QED) is 0.731. The van der Waals surface area contributed by atoms with Crippen molar-refractivity contribution in [3.8, 4) is 0 Å². The van der Waals surface area contributed by atoms with Crippen LogP contribution in [0.2, 0.25) is 0 Å². The van der Waals surface area contributed by atoms with Gasteiger partial charge in [-0.3, -0.25) is 4.79 Å². The Labute approximate surface area is 94.1 Å². The monoisotopic (exact) mass is 224 g/mol. The van der Waals surface area contributed by atoms with E-state index in [4.69, 9.17) is 0 Å². The largest absolute Gasteiger partial charge is 0.339 e. The molecular weight excluding hydrogens is 208 g/mol. The Morgan fingerprint density at radius 2 is 2.33 bits per heavy atom. The van der Waals surface area contributed by atoms with Gasteiger partial charge in [-0.15, -0.1) is 11.3 Å². The molecule has 0 bridgehead atoms. The highest BCUT2D eigenvalue weighted by Crippen LogP contribution is 2.29. The van der Waals surface area contributed by atoms with E-state index in [1.165, 1.54) is 0 Å². The van der Waals surface area contributed by atoms with Gasteiger partial charge in [0.15, 0.2) is 0 Å². The summed E-state index contributed by atoms with van der Waals surface area (Å²) in [4.78, 5) is 19.6. The number of carbonyl (C=O) groups is 1. The molecule has 2 rings (SSSR count). The molecule has 2 heterocycles. The van der Waals surface area contributed by atoms with E-state index in [0.717, 1.165) is 23.5 Å². The van der Waals surface area contributed by atoms with Crippen LogP contribution in [0.25, 0.3) is 0 Å². The van der Waals surface area contributed by atoms with Crippen molar-refractivity contribution in [1.82, 2.24) is 9.88 Å². The predicted molar refractivity (Wildman–Crippen MR) is 61.1 cm³/mol. The van der Waals surface area contributed by atoms with Crippen LogP contribution in [0.1, 0.15) is 37.3 Å². The van der Waals surface area contributed by atoms with E-state index < -0.39 is 0 Å². The van der Waals surface area contributed by atoms with Gasteiger partial charge in [-0.2, -0.15) is 0 Å². The van der Waals surface area contributed by atoms with Crippen LogP contribution < -0.4 is 0 Å². The van der Waals surface area contributed by atoms with Crippen LogP contribution in [0.4, 0.5) is 0 Å². The number of hydrogen-bond donors (Lipinski definition) is 0. The molecule has 1 aromatic rings. The summed E-state index contributed by atoms with van der Waals surface area (Å²) in [5.41, 5.74) is 2.96. The second-order valence-electron chi connectivity index (χ2n) is 4.26. The lowest BCUT2D eigenvalue weighted by atomic mass is 10.1. The number of thiazole rings is 1. The highest BCUT2D eigenvalue weighted by atomic mass is 32.1. The summed E-state index contributed by atoms with van der Waals surface area (Å²) in [5.74, 6) is 0.227. The minimum absolute atomic E-state index is 0.0163. The summed E-state index contributed by atoms with van der Waals surface area (Å²) in [6, 6.07) is 0.286. The molecule has 1 aliphatic heterocycles. The lowest BCUT2D eigenvalue weighted by molar-refractivity contribution is -0.133. The first-order valence-corrected chi connectivity index (χ1v) is 6.22. The maximum atomic E-state index is 12.2. The van der Waals surface area contributed by atoms with Gasteiger partial charge in [0.25, 0.3) is 0 Å². The molecule has 1 unspecified atom stereocenters. The van der Waals surface area contributed by atoms with Crippen molar-refractivity contribution in [3.05, 3.63) is 16.1 Å². The zero-order valence-corrected chi connectivity index (χ0v) is 10.2. The maximum absolute atomic E-state index is 12.2. The summed E-state index contributed by atoms with van der Waals surface area (Å²) >= 11 is 1.61. The van der Waals surface area contributed by atoms with Gasteiger partial charge in [-0.05, 0) is 20.8 Å². The second kappa shape index (κ2) is 3.93. The van der Waals surface area contributed by atoms with Gasteiger partial charge in [0.2, 0.25) is 5.91 Å². The van der Waals surface area contributed by atoms with Gasteiger partial charge in [0.05, 0.1) is 17.1 Å². The summed E-state index contributed by atoms with van der Waals surface area (Å²) in [6.07, 6.45) is 0.896. The van der Waals surface area contributed by atoms with Crippen LogP contribution in [0.15, 0.2) is 5.51 Å². The van der Waals surface area contributed by atoms with Gasteiger partial charge in [-0.1, -0.05) is 0 Å². The Kier molecular flexibility index (Phi) is 2.78.